The normalized spacial score (nSPS) is 10.2. The van der Waals surface area contributed by atoms with Crippen LogP contribution in [0.15, 0.2) is 35.2 Å². The fraction of sp³-hybridized carbons (Fsp3) is 0.273. The number of hydrogen-bond acceptors (Lipinski definition) is 4. The molecule has 0 spiro atoms. The number of ether oxygens (including phenoxy) is 1. The first-order valence-electron chi connectivity index (χ1n) is 4.89. The van der Waals surface area contributed by atoms with Gasteiger partial charge in [0.2, 0.25) is 0 Å². The van der Waals surface area contributed by atoms with Gasteiger partial charge in [-0.05, 0) is 18.6 Å². The van der Waals surface area contributed by atoms with E-state index in [-0.39, 0.29) is 0 Å². The molecule has 0 saturated carbocycles. The van der Waals surface area contributed by atoms with E-state index in [0.717, 1.165) is 6.42 Å². The fourth-order valence-electron chi connectivity index (χ4n) is 1.14. The van der Waals surface area contributed by atoms with Crippen LogP contribution in [-0.4, -0.2) is 16.6 Å². The Kier molecular flexibility index (Phi) is 2.97. The van der Waals surface area contributed by atoms with Crippen molar-refractivity contribution in [1.29, 1.82) is 0 Å². The van der Waals surface area contributed by atoms with Crippen molar-refractivity contribution in [3.63, 3.8) is 0 Å². The van der Waals surface area contributed by atoms with Gasteiger partial charge in [-0.15, -0.1) is 0 Å². The lowest BCUT2D eigenvalue weighted by Crippen LogP contribution is -1.96. The van der Waals surface area contributed by atoms with Gasteiger partial charge in [0.05, 0.1) is 25.3 Å². The van der Waals surface area contributed by atoms with Crippen LogP contribution in [0.2, 0.25) is 0 Å². The maximum atomic E-state index is 5.37. The van der Waals surface area contributed by atoms with E-state index in [2.05, 4.69) is 16.9 Å². The Morgan fingerprint density at radius 2 is 2.13 bits per heavy atom. The molecule has 2 rings (SSSR count). The van der Waals surface area contributed by atoms with Crippen molar-refractivity contribution in [2.45, 2.75) is 13.3 Å². The van der Waals surface area contributed by atoms with E-state index in [1.807, 2.05) is 6.07 Å². The topological polar surface area (TPSA) is 48.2 Å². The third-order valence-corrected chi connectivity index (χ3v) is 1.84. The summed E-state index contributed by atoms with van der Waals surface area (Å²) in [6.07, 6.45) is 5.88. The minimum Gasteiger partial charge on any atom is -0.490 e. The van der Waals surface area contributed by atoms with E-state index in [1.165, 1.54) is 0 Å². The maximum absolute atomic E-state index is 5.37. The average Bonchev–Trinajstić information content (AvgIpc) is 2.80. The Morgan fingerprint density at radius 3 is 2.73 bits per heavy atom. The summed E-state index contributed by atoms with van der Waals surface area (Å²) in [5.74, 6) is 1.92. The molecule has 0 N–H and O–H groups in total. The zero-order valence-corrected chi connectivity index (χ0v) is 8.51. The molecule has 0 aliphatic carbocycles. The highest BCUT2D eigenvalue weighted by Crippen LogP contribution is 2.16. The summed E-state index contributed by atoms with van der Waals surface area (Å²) in [5, 5.41) is 0. The predicted octanol–water partition coefficient (Wildman–Crippen LogP) is 2.53. The molecule has 4 nitrogen and oxygen atoms in total. The van der Waals surface area contributed by atoms with Crippen molar-refractivity contribution in [1.82, 2.24) is 9.97 Å². The lowest BCUT2D eigenvalue weighted by molar-refractivity contribution is 0.315. The Morgan fingerprint density at radius 1 is 1.33 bits per heavy atom. The number of nitrogens with zero attached hydrogens (tertiary/aromatic N) is 2. The van der Waals surface area contributed by atoms with Crippen LogP contribution in [0.3, 0.4) is 0 Å². The Balaban J connectivity index is 2.11. The van der Waals surface area contributed by atoms with Crippen molar-refractivity contribution < 1.29 is 9.15 Å². The molecule has 15 heavy (non-hydrogen) atoms. The van der Waals surface area contributed by atoms with Gasteiger partial charge in [-0.2, -0.15) is 0 Å². The molecule has 2 aromatic rings. The Hall–Kier alpha value is -1.84. The first-order valence-corrected chi connectivity index (χ1v) is 4.89. The number of hydrogen-bond donors (Lipinski definition) is 0. The summed E-state index contributed by atoms with van der Waals surface area (Å²) >= 11 is 0. The molecule has 0 aromatic carbocycles. The lowest BCUT2D eigenvalue weighted by atomic mass is 10.4. The molecular weight excluding hydrogens is 192 g/mol. The zero-order valence-electron chi connectivity index (χ0n) is 8.51. The van der Waals surface area contributed by atoms with E-state index < -0.39 is 0 Å². The van der Waals surface area contributed by atoms with Crippen LogP contribution in [0.5, 0.6) is 5.75 Å². The van der Waals surface area contributed by atoms with Crippen LogP contribution in [0.1, 0.15) is 13.3 Å². The second-order valence-electron chi connectivity index (χ2n) is 3.07. The van der Waals surface area contributed by atoms with Gasteiger partial charge in [0.15, 0.2) is 17.3 Å². The highest BCUT2D eigenvalue weighted by Gasteiger charge is 2.03. The zero-order chi connectivity index (χ0) is 10.5. The molecule has 0 bridgehead atoms. The van der Waals surface area contributed by atoms with E-state index in [4.69, 9.17) is 9.15 Å². The van der Waals surface area contributed by atoms with Crippen molar-refractivity contribution >= 4 is 0 Å². The minimum atomic E-state index is 0.573. The van der Waals surface area contributed by atoms with Gasteiger partial charge < -0.3 is 9.15 Å². The van der Waals surface area contributed by atoms with Crippen LogP contribution in [-0.2, 0) is 0 Å². The quantitative estimate of drug-likeness (QED) is 0.767. The molecule has 0 radical (unpaired) electrons. The molecule has 78 valence electrons. The highest BCUT2D eigenvalue weighted by molar-refractivity contribution is 5.45. The molecule has 0 aliphatic rings. The standard InChI is InChI=1S/C11H12N2O2/c1-2-5-14-9-7-12-11(13-8-9)10-4-3-6-15-10/h3-4,6-8H,2,5H2,1H3. The number of aromatic nitrogens is 2. The van der Waals surface area contributed by atoms with Crippen LogP contribution in [0.4, 0.5) is 0 Å². The lowest BCUT2D eigenvalue weighted by Gasteiger charge is -2.02. The van der Waals surface area contributed by atoms with Crippen molar-refractivity contribution in [3.05, 3.63) is 30.8 Å². The third-order valence-electron chi connectivity index (χ3n) is 1.84. The number of furan rings is 1. The average molecular weight is 204 g/mol. The molecule has 2 aromatic heterocycles. The summed E-state index contributed by atoms with van der Waals surface area (Å²) in [6.45, 7) is 2.74. The summed E-state index contributed by atoms with van der Waals surface area (Å²) < 4.78 is 10.5. The second-order valence-corrected chi connectivity index (χ2v) is 3.07. The summed E-state index contributed by atoms with van der Waals surface area (Å²) in [7, 11) is 0. The van der Waals surface area contributed by atoms with Crippen LogP contribution < -0.4 is 4.74 Å². The molecular formula is C11H12N2O2. The van der Waals surface area contributed by atoms with Gasteiger partial charge in [-0.1, -0.05) is 6.92 Å². The molecule has 0 amide bonds. The Bertz CT molecular complexity index is 395. The Labute approximate surface area is 87.9 Å². The van der Waals surface area contributed by atoms with Crippen LogP contribution >= 0.6 is 0 Å². The van der Waals surface area contributed by atoms with E-state index in [1.54, 1.807) is 24.7 Å². The van der Waals surface area contributed by atoms with Gasteiger partial charge in [-0.25, -0.2) is 9.97 Å². The van der Waals surface area contributed by atoms with E-state index in [9.17, 15) is 0 Å². The molecule has 0 unspecified atom stereocenters. The van der Waals surface area contributed by atoms with Crippen molar-refractivity contribution in [2.75, 3.05) is 6.61 Å². The van der Waals surface area contributed by atoms with Crippen LogP contribution in [0, 0.1) is 0 Å². The van der Waals surface area contributed by atoms with Gasteiger partial charge in [0.25, 0.3) is 0 Å². The summed E-state index contributed by atoms with van der Waals surface area (Å²) in [4.78, 5) is 8.29. The van der Waals surface area contributed by atoms with Gasteiger partial charge in [0.1, 0.15) is 0 Å². The predicted molar refractivity (Wildman–Crippen MR) is 55.5 cm³/mol. The first kappa shape index (κ1) is 9.71. The summed E-state index contributed by atoms with van der Waals surface area (Å²) in [5.41, 5.74) is 0. The van der Waals surface area contributed by atoms with Crippen molar-refractivity contribution in [3.8, 4) is 17.3 Å². The molecule has 4 heteroatoms. The molecule has 0 atom stereocenters. The molecule has 0 aliphatic heterocycles. The monoisotopic (exact) mass is 204 g/mol. The largest absolute Gasteiger partial charge is 0.490 e. The smallest absolute Gasteiger partial charge is 0.195 e. The fourth-order valence-corrected chi connectivity index (χ4v) is 1.14. The summed E-state index contributed by atoms with van der Waals surface area (Å²) in [6, 6.07) is 3.63. The van der Waals surface area contributed by atoms with Crippen molar-refractivity contribution in [2.24, 2.45) is 0 Å². The first-order chi connectivity index (χ1) is 7.40. The number of rotatable bonds is 4. The van der Waals surface area contributed by atoms with Gasteiger partial charge in [0, 0.05) is 0 Å². The van der Waals surface area contributed by atoms with Crippen LogP contribution in [0.25, 0.3) is 11.6 Å². The highest BCUT2D eigenvalue weighted by atomic mass is 16.5. The van der Waals surface area contributed by atoms with Gasteiger partial charge >= 0.3 is 0 Å². The second kappa shape index (κ2) is 4.59. The minimum absolute atomic E-state index is 0.573. The van der Waals surface area contributed by atoms with E-state index >= 15 is 0 Å². The molecule has 0 fully saturated rings. The molecule has 2 heterocycles. The SMILES string of the molecule is CCCOc1cnc(-c2ccco2)nc1. The third kappa shape index (κ3) is 2.34. The van der Waals surface area contributed by atoms with E-state index in [0.29, 0.717) is 23.9 Å². The molecule has 0 saturated heterocycles. The maximum Gasteiger partial charge on any atom is 0.195 e. The van der Waals surface area contributed by atoms with Gasteiger partial charge in [-0.3, -0.25) is 0 Å².